The van der Waals surface area contributed by atoms with Crippen molar-refractivity contribution in [2.75, 3.05) is 5.43 Å². The molecule has 9 heteroatoms. The number of anilines is 1. The van der Waals surface area contributed by atoms with Gasteiger partial charge in [0, 0.05) is 16.5 Å². The molecule has 0 amide bonds. The maximum Gasteiger partial charge on any atom is 0.573 e. The van der Waals surface area contributed by atoms with Gasteiger partial charge in [0.05, 0.1) is 11.9 Å². The number of hydrogen-bond donors (Lipinski definition) is 2. The average molecular weight is 379 g/mol. The number of hydrogen-bond acceptors (Lipinski definition) is 6. The number of benzene rings is 2. The van der Waals surface area contributed by atoms with E-state index >= 15 is 0 Å². The quantitative estimate of drug-likeness (QED) is 0.491. The number of alkyl halides is 3. The lowest BCUT2D eigenvalue weighted by atomic mass is 10.2. The zero-order valence-corrected chi connectivity index (χ0v) is 13.9. The van der Waals surface area contributed by atoms with Crippen LogP contribution in [0.1, 0.15) is 5.56 Å². The molecule has 0 fully saturated rings. The van der Waals surface area contributed by atoms with Crippen molar-refractivity contribution in [3.63, 3.8) is 0 Å². The van der Waals surface area contributed by atoms with Crippen molar-refractivity contribution >= 4 is 22.7 Å². The summed E-state index contributed by atoms with van der Waals surface area (Å²) >= 11 is 1.32. The second-order valence-corrected chi connectivity index (χ2v) is 5.90. The number of ether oxygens (including phenoxy) is 1. The second kappa shape index (κ2) is 7.44. The fraction of sp³-hybridized carbons (Fsp3) is 0.0588. The van der Waals surface area contributed by atoms with Gasteiger partial charge in [0.1, 0.15) is 11.5 Å². The van der Waals surface area contributed by atoms with E-state index in [1.54, 1.807) is 0 Å². The largest absolute Gasteiger partial charge is 0.573 e. The number of nitrogens with one attached hydrogen (secondary N) is 1. The first-order valence-corrected chi connectivity index (χ1v) is 8.17. The van der Waals surface area contributed by atoms with Crippen molar-refractivity contribution in [2.45, 2.75) is 6.36 Å². The van der Waals surface area contributed by atoms with Crippen LogP contribution in [0.15, 0.2) is 59.0 Å². The summed E-state index contributed by atoms with van der Waals surface area (Å²) in [5.74, 6) is -0.674. The van der Waals surface area contributed by atoms with Crippen LogP contribution in [0.3, 0.4) is 0 Å². The van der Waals surface area contributed by atoms with Gasteiger partial charge in [0.2, 0.25) is 5.13 Å². The zero-order chi connectivity index (χ0) is 18.6. The molecule has 0 bridgehead atoms. The maximum absolute atomic E-state index is 12.3. The fourth-order valence-corrected chi connectivity index (χ4v) is 2.73. The SMILES string of the molecule is Oc1ccc(OC(F)(F)F)cc1C=NNc1nc(-c2ccccc2)cs1. The molecule has 0 spiro atoms. The van der Waals surface area contributed by atoms with Crippen LogP contribution in [0.25, 0.3) is 11.3 Å². The molecule has 2 aromatic carbocycles. The lowest BCUT2D eigenvalue weighted by Gasteiger charge is -2.09. The lowest BCUT2D eigenvalue weighted by molar-refractivity contribution is -0.274. The van der Waals surface area contributed by atoms with Gasteiger partial charge in [-0.05, 0) is 18.2 Å². The first kappa shape index (κ1) is 17.7. The highest BCUT2D eigenvalue weighted by atomic mass is 32.1. The molecule has 0 saturated carbocycles. The Bertz CT molecular complexity index is 911. The smallest absolute Gasteiger partial charge is 0.507 e. The third-order valence-corrected chi connectivity index (χ3v) is 3.92. The number of phenolic OH excluding ortho intramolecular Hbond substituents is 1. The van der Waals surface area contributed by atoms with Crippen LogP contribution >= 0.6 is 11.3 Å². The number of nitrogens with zero attached hydrogens (tertiary/aromatic N) is 2. The molecular formula is C17H12F3N3O2S. The molecular weight excluding hydrogens is 367 g/mol. The molecule has 0 saturated heterocycles. The average Bonchev–Trinajstić information content (AvgIpc) is 3.06. The summed E-state index contributed by atoms with van der Waals surface area (Å²) in [7, 11) is 0. The Labute approximate surface area is 150 Å². The predicted octanol–water partition coefficient (Wildman–Crippen LogP) is 4.86. The maximum atomic E-state index is 12.3. The van der Waals surface area contributed by atoms with Crippen molar-refractivity contribution in [2.24, 2.45) is 5.10 Å². The Morgan fingerprint density at radius 3 is 2.65 bits per heavy atom. The number of rotatable bonds is 5. The van der Waals surface area contributed by atoms with Crippen molar-refractivity contribution in [1.29, 1.82) is 0 Å². The minimum absolute atomic E-state index is 0.0686. The van der Waals surface area contributed by atoms with Crippen LogP contribution in [0.4, 0.5) is 18.3 Å². The predicted molar refractivity (Wildman–Crippen MR) is 93.6 cm³/mol. The van der Waals surface area contributed by atoms with Gasteiger partial charge >= 0.3 is 6.36 Å². The number of hydrazone groups is 1. The monoisotopic (exact) mass is 379 g/mol. The molecule has 0 atom stereocenters. The van der Waals surface area contributed by atoms with E-state index in [1.165, 1.54) is 17.6 Å². The molecule has 1 heterocycles. The first-order valence-electron chi connectivity index (χ1n) is 7.29. The van der Waals surface area contributed by atoms with Crippen LogP contribution in [0.2, 0.25) is 0 Å². The number of halogens is 3. The van der Waals surface area contributed by atoms with Crippen molar-refractivity contribution in [1.82, 2.24) is 4.98 Å². The molecule has 3 aromatic rings. The van der Waals surface area contributed by atoms with E-state index in [-0.39, 0.29) is 11.3 Å². The molecule has 5 nitrogen and oxygen atoms in total. The summed E-state index contributed by atoms with van der Waals surface area (Å²) < 4.78 is 40.6. The molecule has 0 unspecified atom stereocenters. The van der Waals surface area contributed by atoms with E-state index in [2.05, 4.69) is 20.2 Å². The van der Waals surface area contributed by atoms with Gasteiger partial charge in [-0.1, -0.05) is 30.3 Å². The molecule has 3 rings (SSSR count). The van der Waals surface area contributed by atoms with Gasteiger partial charge in [-0.15, -0.1) is 24.5 Å². The Kier molecular flexibility index (Phi) is 5.08. The summed E-state index contributed by atoms with van der Waals surface area (Å²) in [5, 5.41) is 16.0. The zero-order valence-electron chi connectivity index (χ0n) is 13.1. The van der Waals surface area contributed by atoms with Gasteiger partial charge in [-0.2, -0.15) is 5.10 Å². The van der Waals surface area contributed by atoms with Gasteiger partial charge in [0.15, 0.2) is 0 Å². The van der Waals surface area contributed by atoms with E-state index in [1.807, 2.05) is 35.7 Å². The molecule has 0 aliphatic heterocycles. The number of thiazole rings is 1. The number of aromatic hydroxyl groups is 1. The van der Waals surface area contributed by atoms with Crippen LogP contribution in [0.5, 0.6) is 11.5 Å². The topological polar surface area (TPSA) is 66.7 Å². The number of phenols is 1. The highest BCUT2D eigenvalue weighted by molar-refractivity contribution is 7.14. The van der Waals surface area contributed by atoms with Crippen molar-refractivity contribution < 1.29 is 23.0 Å². The van der Waals surface area contributed by atoms with E-state index in [0.717, 1.165) is 29.5 Å². The Morgan fingerprint density at radius 1 is 1.15 bits per heavy atom. The standard InChI is InChI=1S/C17H12F3N3O2S/c18-17(19,20)25-13-6-7-15(24)12(8-13)9-21-23-16-22-14(10-26-16)11-4-2-1-3-5-11/h1-10,24H,(H,22,23). The molecule has 26 heavy (non-hydrogen) atoms. The molecule has 0 aliphatic carbocycles. The molecule has 0 aliphatic rings. The summed E-state index contributed by atoms with van der Waals surface area (Å²) in [5.41, 5.74) is 4.48. The van der Waals surface area contributed by atoms with Gasteiger partial charge in [-0.3, -0.25) is 5.43 Å². The first-order chi connectivity index (χ1) is 12.4. The third kappa shape index (κ3) is 4.73. The number of aromatic nitrogens is 1. The summed E-state index contributed by atoms with van der Waals surface area (Å²) in [4.78, 5) is 4.36. The highest BCUT2D eigenvalue weighted by Gasteiger charge is 2.31. The van der Waals surface area contributed by atoms with Crippen molar-refractivity contribution in [3.8, 4) is 22.8 Å². The molecule has 1 aromatic heterocycles. The molecule has 0 radical (unpaired) electrons. The minimum Gasteiger partial charge on any atom is -0.507 e. The highest BCUT2D eigenvalue weighted by Crippen LogP contribution is 2.27. The van der Waals surface area contributed by atoms with Gasteiger partial charge in [-0.25, -0.2) is 4.98 Å². The van der Waals surface area contributed by atoms with Crippen LogP contribution in [-0.4, -0.2) is 22.7 Å². The van der Waals surface area contributed by atoms with Crippen LogP contribution < -0.4 is 10.2 Å². The normalized spacial score (nSPS) is 11.7. The molecule has 134 valence electrons. The summed E-state index contributed by atoms with van der Waals surface area (Å²) in [6.45, 7) is 0. The van der Waals surface area contributed by atoms with Crippen LogP contribution in [0, 0.1) is 0 Å². The minimum atomic E-state index is -4.81. The summed E-state index contributed by atoms with van der Waals surface area (Å²) in [6.07, 6.45) is -3.62. The van der Waals surface area contributed by atoms with E-state index in [0.29, 0.717) is 5.13 Å². The summed E-state index contributed by atoms with van der Waals surface area (Å²) in [6, 6.07) is 12.7. The Hall–Kier alpha value is -3.07. The third-order valence-electron chi connectivity index (χ3n) is 3.17. The van der Waals surface area contributed by atoms with Gasteiger partial charge in [0.25, 0.3) is 0 Å². The van der Waals surface area contributed by atoms with Gasteiger partial charge < -0.3 is 9.84 Å². The van der Waals surface area contributed by atoms with Crippen molar-refractivity contribution in [3.05, 3.63) is 59.5 Å². The van der Waals surface area contributed by atoms with E-state index in [9.17, 15) is 18.3 Å². The lowest BCUT2D eigenvalue weighted by Crippen LogP contribution is -2.17. The Morgan fingerprint density at radius 2 is 1.92 bits per heavy atom. The van der Waals surface area contributed by atoms with Crippen LogP contribution in [-0.2, 0) is 0 Å². The van der Waals surface area contributed by atoms with E-state index < -0.39 is 12.1 Å². The fourth-order valence-electron chi connectivity index (χ4n) is 2.06. The van der Waals surface area contributed by atoms with E-state index in [4.69, 9.17) is 0 Å². The second-order valence-electron chi connectivity index (χ2n) is 5.04. The molecule has 2 N–H and O–H groups in total. The Balaban J connectivity index is 1.69.